The van der Waals surface area contributed by atoms with E-state index in [4.69, 9.17) is 5.11 Å². The van der Waals surface area contributed by atoms with Gasteiger partial charge in [0.1, 0.15) is 5.67 Å². The van der Waals surface area contributed by atoms with E-state index in [0.29, 0.717) is 12.8 Å². The quantitative estimate of drug-likeness (QED) is 0.823. The lowest BCUT2D eigenvalue weighted by Crippen LogP contribution is -2.47. The Bertz CT molecular complexity index is 324. The summed E-state index contributed by atoms with van der Waals surface area (Å²) < 4.78 is 41.4. The van der Waals surface area contributed by atoms with E-state index in [0.717, 1.165) is 19.3 Å². The normalized spacial score (nSPS) is 35.1. The zero-order valence-corrected chi connectivity index (χ0v) is 10.3. The zero-order valence-electron chi connectivity index (χ0n) is 10.3. The molecule has 0 aromatic carbocycles. The molecule has 0 saturated heterocycles. The maximum absolute atomic E-state index is 14.8. The first-order chi connectivity index (χ1) is 8.34. The molecule has 2 atom stereocenters. The fourth-order valence-corrected chi connectivity index (χ4v) is 3.52. The van der Waals surface area contributed by atoms with E-state index >= 15 is 0 Å². The highest BCUT2D eigenvalue weighted by atomic mass is 19.3. The maximum Gasteiger partial charge on any atom is 0.307 e. The van der Waals surface area contributed by atoms with Gasteiger partial charge in [-0.05, 0) is 19.3 Å². The van der Waals surface area contributed by atoms with E-state index in [2.05, 4.69) is 0 Å². The highest BCUT2D eigenvalue weighted by molar-refractivity contribution is 5.71. The Balaban J connectivity index is 2.17. The topological polar surface area (TPSA) is 37.3 Å². The summed E-state index contributed by atoms with van der Waals surface area (Å²) in [4.78, 5) is 11.1. The van der Waals surface area contributed by atoms with Crippen molar-refractivity contribution in [1.29, 1.82) is 0 Å². The molecule has 18 heavy (non-hydrogen) atoms. The van der Waals surface area contributed by atoms with Crippen LogP contribution in [0.25, 0.3) is 0 Å². The van der Waals surface area contributed by atoms with Crippen LogP contribution in [0.2, 0.25) is 0 Å². The van der Waals surface area contributed by atoms with Crippen LogP contribution < -0.4 is 0 Å². The zero-order chi connectivity index (χ0) is 13.4. The highest BCUT2D eigenvalue weighted by Crippen LogP contribution is 2.50. The maximum atomic E-state index is 14.8. The van der Waals surface area contributed by atoms with E-state index in [1.807, 2.05) is 0 Å². The van der Waals surface area contributed by atoms with Gasteiger partial charge in [0.15, 0.2) is 0 Å². The first kappa shape index (κ1) is 13.7. The number of aliphatic carboxylic acids is 1. The van der Waals surface area contributed by atoms with E-state index in [9.17, 15) is 18.0 Å². The lowest BCUT2D eigenvalue weighted by atomic mass is 9.65. The Kier molecular flexibility index (Phi) is 3.60. The third kappa shape index (κ3) is 2.64. The van der Waals surface area contributed by atoms with Gasteiger partial charge >= 0.3 is 5.97 Å². The number of hydrogen-bond acceptors (Lipinski definition) is 1. The molecule has 0 spiro atoms. The summed E-state index contributed by atoms with van der Waals surface area (Å²) in [6.07, 6.45) is 1.96. The van der Waals surface area contributed by atoms with Gasteiger partial charge in [0.25, 0.3) is 0 Å². The monoisotopic (exact) mass is 264 g/mol. The van der Waals surface area contributed by atoms with Crippen molar-refractivity contribution in [3.8, 4) is 0 Å². The Morgan fingerprint density at radius 3 is 2.22 bits per heavy atom. The number of carboxylic acid groups (broad SMARTS) is 1. The minimum atomic E-state index is -2.95. The molecule has 2 rings (SSSR count). The summed E-state index contributed by atoms with van der Waals surface area (Å²) in [6.45, 7) is 0. The predicted octanol–water partition coefficient (Wildman–Crippen LogP) is 3.80. The van der Waals surface area contributed by atoms with Gasteiger partial charge in [-0.25, -0.2) is 13.2 Å². The first-order valence-corrected chi connectivity index (χ1v) is 6.64. The molecule has 0 bridgehead atoms. The van der Waals surface area contributed by atoms with E-state index in [-0.39, 0.29) is 12.8 Å². The van der Waals surface area contributed by atoms with Crippen molar-refractivity contribution in [2.45, 2.75) is 63.0 Å². The molecule has 5 heteroatoms. The van der Waals surface area contributed by atoms with Gasteiger partial charge in [0.05, 0.1) is 5.92 Å². The smallest absolute Gasteiger partial charge is 0.307 e. The standard InChI is InChI=1S/C13H19F3O2/c14-12(5-2-1-3-6-12)10-4-7-13(15,16)8-9(10)11(17)18/h9-10H,1-8H2,(H,17,18). The van der Waals surface area contributed by atoms with Gasteiger partial charge in [-0.2, -0.15) is 0 Å². The summed E-state index contributed by atoms with van der Waals surface area (Å²) >= 11 is 0. The Hall–Kier alpha value is -0.740. The Morgan fingerprint density at radius 2 is 1.67 bits per heavy atom. The molecular formula is C13H19F3O2. The number of carbonyl (C=O) groups is 1. The third-order valence-corrected chi connectivity index (χ3v) is 4.49. The average molecular weight is 264 g/mol. The van der Waals surface area contributed by atoms with Crippen LogP contribution in [0.4, 0.5) is 13.2 Å². The van der Waals surface area contributed by atoms with Crippen LogP contribution in [-0.4, -0.2) is 22.7 Å². The molecule has 2 aliphatic rings. The molecule has 2 aliphatic carbocycles. The number of halogens is 3. The van der Waals surface area contributed by atoms with Crippen molar-refractivity contribution < 1.29 is 23.1 Å². The number of hydrogen-bond donors (Lipinski definition) is 1. The average Bonchev–Trinajstić information content (AvgIpc) is 2.28. The van der Waals surface area contributed by atoms with Crippen LogP contribution >= 0.6 is 0 Å². The number of alkyl halides is 3. The molecule has 0 amide bonds. The fourth-order valence-electron chi connectivity index (χ4n) is 3.52. The second kappa shape index (κ2) is 4.74. The Labute approximate surface area is 105 Å². The molecule has 2 fully saturated rings. The first-order valence-electron chi connectivity index (χ1n) is 6.64. The van der Waals surface area contributed by atoms with Crippen molar-refractivity contribution >= 4 is 5.97 Å². The molecule has 104 valence electrons. The van der Waals surface area contributed by atoms with Gasteiger partial charge in [0.2, 0.25) is 5.92 Å². The largest absolute Gasteiger partial charge is 0.481 e. The molecule has 0 aliphatic heterocycles. The second-order valence-electron chi connectivity index (χ2n) is 5.75. The van der Waals surface area contributed by atoms with Crippen LogP contribution in [-0.2, 0) is 4.79 Å². The summed E-state index contributed by atoms with van der Waals surface area (Å²) in [5, 5.41) is 9.09. The van der Waals surface area contributed by atoms with E-state index in [1.165, 1.54) is 0 Å². The second-order valence-corrected chi connectivity index (χ2v) is 5.75. The van der Waals surface area contributed by atoms with Crippen LogP contribution in [0.1, 0.15) is 51.4 Å². The molecule has 0 aromatic heterocycles. The SMILES string of the molecule is O=C(O)C1CC(F)(F)CCC1C1(F)CCCCC1. The molecule has 2 nitrogen and oxygen atoms in total. The van der Waals surface area contributed by atoms with Gasteiger partial charge in [-0.3, -0.25) is 4.79 Å². The van der Waals surface area contributed by atoms with Crippen molar-refractivity contribution in [3.63, 3.8) is 0 Å². The minimum Gasteiger partial charge on any atom is -0.481 e. The molecule has 0 radical (unpaired) electrons. The predicted molar refractivity (Wildman–Crippen MR) is 60.3 cm³/mol. The molecule has 2 saturated carbocycles. The van der Waals surface area contributed by atoms with Crippen molar-refractivity contribution in [1.82, 2.24) is 0 Å². The lowest BCUT2D eigenvalue weighted by molar-refractivity contribution is -0.162. The van der Waals surface area contributed by atoms with Crippen LogP contribution in [0, 0.1) is 11.8 Å². The Morgan fingerprint density at radius 1 is 1.06 bits per heavy atom. The molecule has 0 heterocycles. The van der Waals surface area contributed by atoms with Crippen molar-refractivity contribution in [2.24, 2.45) is 11.8 Å². The fraction of sp³-hybridized carbons (Fsp3) is 0.923. The van der Waals surface area contributed by atoms with Crippen molar-refractivity contribution in [3.05, 3.63) is 0 Å². The summed E-state index contributed by atoms with van der Waals surface area (Å²) in [5.74, 6) is -6.21. The highest BCUT2D eigenvalue weighted by Gasteiger charge is 2.53. The lowest BCUT2D eigenvalue weighted by Gasteiger charge is -2.43. The van der Waals surface area contributed by atoms with E-state index in [1.54, 1.807) is 0 Å². The molecule has 1 N–H and O–H groups in total. The van der Waals surface area contributed by atoms with Gasteiger partial charge in [-0.1, -0.05) is 19.3 Å². The summed E-state index contributed by atoms with van der Waals surface area (Å²) in [6, 6.07) is 0. The van der Waals surface area contributed by atoms with Crippen molar-refractivity contribution in [2.75, 3.05) is 0 Å². The molecule has 2 unspecified atom stereocenters. The van der Waals surface area contributed by atoms with Gasteiger partial charge < -0.3 is 5.11 Å². The minimum absolute atomic E-state index is 0.0134. The molecular weight excluding hydrogens is 245 g/mol. The summed E-state index contributed by atoms with van der Waals surface area (Å²) in [7, 11) is 0. The summed E-state index contributed by atoms with van der Waals surface area (Å²) in [5.41, 5.74) is -1.54. The molecule has 0 aromatic rings. The van der Waals surface area contributed by atoms with Crippen LogP contribution in [0.5, 0.6) is 0 Å². The number of rotatable bonds is 2. The third-order valence-electron chi connectivity index (χ3n) is 4.49. The number of carboxylic acids is 1. The van der Waals surface area contributed by atoms with Gasteiger partial charge in [-0.15, -0.1) is 0 Å². The van der Waals surface area contributed by atoms with Crippen LogP contribution in [0.15, 0.2) is 0 Å². The van der Waals surface area contributed by atoms with Gasteiger partial charge in [0, 0.05) is 18.8 Å². The van der Waals surface area contributed by atoms with E-state index < -0.39 is 35.8 Å². The van der Waals surface area contributed by atoms with Crippen LogP contribution in [0.3, 0.4) is 0 Å².